The third-order valence-corrected chi connectivity index (χ3v) is 5.12. The van der Waals surface area contributed by atoms with Gasteiger partial charge in [0.05, 0.1) is 11.4 Å². The van der Waals surface area contributed by atoms with Crippen LogP contribution in [0, 0.1) is 0 Å². The van der Waals surface area contributed by atoms with Gasteiger partial charge in [0.25, 0.3) is 11.8 Å². The van der Waals surface area contributed by atoms with Gasteiger partial charge in [-0.05, 0) is 36.4 Å². The molecule has 1 aliphatic rings. The van der Waals surface area contributed by atoms with Crippen molar-refractivity contribution in [2.75, 3.05) is 36.4 Å². The van der Waals surface area contributed by atoms with E-state index < -0.39 is 0 Å². The molecule has 2 amide bonds. The fraction of sp³-hybridized carbons (Fsp3) is 0.167. The second kappa shape index (κ2) is 8.61. The number of carbonyl (C=O) groups is 2. The highest BCUT2D eigenvalue weighted by Crippen LogP contribution is 2.27. The van der Waals surface area contributed by atoms with Crippen molar-refractivity contribution in [1.29, 1.82) is 0 Å². The molecule has 3 aromatic carbocycles. The highest BCUT2D eigenvalue weighted by Gasteiger charge is 2.23. The molecule has 0 unspecified atom stereocenters. The standard InChI is InChI=1S/C24H23N3O2/c28-23(19-9-3-1-4-10-19)25-21-13-7-8-14-22(21)26-15-17-27(18-16-26)24(29)20-11-5-2-6-12-20/h1-14H,15-18H2,(H,25,28). The van der Waals surface area contributed by atoms with E-state index in [9.17, 15) is 9.59 Å². The van der Waals surface area contributed by atoms with Crippen molar-refractivity contribution in [1.82, 2.24) is 4.90 Å². The predicted octanol–water partition coefficient (Wildman–Crippen LogP) is 3.90. The predicted molar refractivity (Wildman–Crippen MR) is 115 cm³/mol. The fourth-order valence-corrected chi connectivity index (χ4v) is 3.55. The van der Waals surface area contributed by atoms with Gasteiger partial charge in [-0.3, -0.25) is 9.59 Å². The molecule has 1 heterocycles. The van der Waals surface area contributed by atoms with E-state index in [2.05, 4.69) is 10.2 Å². The first-order valence-electron chi connectivity index (χ1n) is 9.77. The average molecular weight is 385 g/mol. The second-order valence-corrected chi connectivity index (χ2v) is 6.98. The molecule has 3 aromatic rings. The summed E-state index contributed by atoms with van der Waals surface area (Å²) in [5.41, 5.74) is 3.10. The van der Waals surface area contributed by atoms with Crippen LogP contribution in [-0.2, 0) is 0 Å². The minimum absolute atomic E-state index is 0.0657. The number of para-hydroxylation sites is 2. The summed E-state index contributed by atoms with van der Waals surface area (Å²) in [6, 6.07) is 26.4. The van der Waals surface area contributed by atoms with E-state index in [1.165, 1.54) is 0 Å². The van der Waals surface area contributed by atoms with E-state index in [1.54, 1.807) is 12.1 Å². The summed E-state index contributed by atoms with van der Waals surface area (Å²) in [4.78, 5) is 29.3. The molecule has 5 nitrogen and oxygen atoms in total. The number of carbonyl (C=O) groups excluding carboxylic acids is 2. The van der Waals surface area contributed by atoms with E-state index in [0.29, 0.717) is 18.7 Å². The molecule has 1 fully saturated rings. The Morgan fingerprint density at radius 3 is 1.86 bits per heavy atom. The van der Waals surface area contributed by atoms with Crippen molar-refractivity contribution in [2.45, 2.75) is 0 Å². The zero-order valence-corrected chi connectivity index (χ0v) is 16.1. The van der Waals surface area contributed by atoms with E-state index in [-0.39, 0.29) is 11.8 Å². The van der Waals surface area contributed by atoms with Crippen molar-refractivity contribution in [3.8, 4) is 0 Å². The van der Waals surface area contributed by atoms with Crippen molar-refractivity contribution in [3.05, 3.63) is 96.1 Å². The molecule has 0 atom stereocenters. The Labute approximate surface area is 170 Å². The Morgan fingerprint density at radius 1 is 0.655 bits per heavy atom. The van der Waals surface area contributed by atoms with Gasteiger partial charge in [-0.15, -0.1) is 0 Å². The minimum Gasteiger partial charge on any atom is -0.366 e. The van der Waals surface area contributed by atoms with E-state index in [0.717, 1.165) is 30.0 Å². The zero-order chi connectivity index (χ0) is 20.1. The molecule has 5 heteroatoms. The van der Waals surface area contributed by atoms with Gasteiger partial charge in [0.15, 0.2) is 0 Å². The van der Waals surface area contributed by atoms with Crippen LogP contribution < -0.4 is 10.2 Å². The van der Waals surface area contributed by atoms with Crippen LogP contribution in [0.1, 0.15) is 20.7 Å². The molecule has 0 bridgehead atoms. The Hall–Kier alpha value is -3.60. The molecule has 1 saturated heterocycles. The summed E-state index contributed by atoms with van der Waals surface area (Å²) < 4.78 is 0. The molecule has 0 aromatic heterocycles. The number of hydrogen-bond donors (Lipinski definition) is 1. The largest absolute Gasteiger partial charge is 0.366 e. The number of hydrogen-bond acceptors (Lipinski definition) is 3. The van der Waals surface area contributed by atoms with Crippen LogP contribution in [0.5, 0.6) is 0 Å². The van der Waals surface area contributed by atoms with Crippen LogP contribution in [0.4, 0.5) is 11.4 Å². The van der Waals surface area contributed by atoms with Crippen LogP contribution in [-0.4, -0.2) is 42.9 Å². The monoisotopic (exact) mass is 385 g/mol. The highest BCUT2D eigenvalue weighted by atomic mass is 16.2. The Bertz CT molecular complexity index is 981. The molecule has 0 spiro atoms. The number of nitrogens with zero attached hydrogens (tertiary/aromatic N) is 2. The van der Waals surface area contributed by atoms with Gasteiger partial charge < -0.3 is 15.1 Å². The Balaban J connectivity index is 1.44. The molecule has 0 aliphatic carbocycles. The molecule has 0 radical (unpaired) electrons. The first-order valence-corrected chi connectivity index (χ1v) is 9.77. The minimum atomic E-state index is -0.129. The lowest BCUT2D eigenvalue weighted by atomic mass is 10.1. The average Bonchev–Trinajstić information content (AvgIpc) is 2.80. The summed E-state index contributed by atoms with van der Waals surface area (Å²) in [5, 5.41) is 3.02. The Kier molecular flexibility index (Phi) is 5.56. The number of anilines is 2. The van der Waals surface area contributed by atoms with E-state index in [1.807, 2.05) is 77.7 Å². The van der Waals surface area contributed by atoms with E-state index in [4.69, 9.17) is 0 Å². The fourth-order valence-electron chi connectivity index (χ4n) is 3.55. The smallest absolute Gasteiger partial charge is 0.255 e. The number of nitrogens with one attached hydrogen (secondary N) is 1. The summed E-state index contributed by atoms with van der Waals surface area (Å²) >= 11 is 0. The molecule has 146 valence electrons. The van der Waals surface area contributed by atoms with Gasteiger partial charge in [-0.2, -0.15) is 0 Å². The van der Waals surface area contributed by atoms with Gasteiger partial charge in [-0.25, -0.2) is 0 Å². The van der Waals surface area contributed by atoms with Crippen molar-refractivity contribution in [2.24, 2.45) is 0 Å². The third-order valence-electron chi connectivity index (χ3n) is 5.12. The maximum Gasteiger partial charge on any atom is 0.255 e. The lowest BCUT2D eigenvalue weighted by Crippen LogP contribution is -2.49. The second-order valence-electron chi connectivity index (χ2n) is 6.98. The molecule has 1 aliphatic heterocycles. The van der Waals surface area contributed by atoms with Gasteiger partial charge in [0.1, 0.15) is 0 Å². The maximum atomic E-state index is 12.7. The summed E-state index contributed by atoms with van der Waals surface area (Å²) in [7, 11) is 0. The zero-order valence-electron chi connectivity index (χ0n) is 16.1. The van der Waals surface area contributed by atoms with E-state index >= 15 is 0 Å². The maximum absolute atomic E-state index is 12.7. The van der Waals surface area contributed by atoms with Crippen molar-refractivity contribution in [3.63, 3.8) is 0 Å². The quantitative estimate of drug-likeness (QED) is 0.741. The lowest BCUT2D eigenvalue weighted by molar-refractivity contribution is 0.0746. The van der Waals surface area contributed by atoms with Crippen LogP contribution in [0.15, 0.2) is 84.9 Å². The van der Waals surface area contributed by atoms with Gasteiger partial charge in [0, 0.05) is 37.3 Å². The molecule has 29 heavy (non-hydrogen) atoms. The summed E-state index contributed by atoms with van der Waals surface area (Å²) in [5.74, 6) is -0.0631. The Morgan fingerprint density at radius 2 is 1.21 bits per heavy atom. The summed E-state index contributed by atoms with van der Waals surface area (Å²) in [6.07, 6.45) is 0. The van der Waals surface area contributed by atoms with Gasteiger partial charge >= 0.3 is 0 Å². The molecule has 1 N–H and O–H groups in total. The van der Waals surface area contributed by atoms with Crippen LogP contribution in [0.2, 0.25) is 0 Å². The molecule has 0 saturated carbocycles. The van der Waals surface area contributed by atoms with Crippen LogP contribution >= 0.6 is 0 Å². The van der Waals surface area contributed by atoms with Gasteiger partial charge in [0.2, 0.25) is 0 Å². The number of amides is 2. The van der Waals surface area contributed by atoms with Crippen molar-refractivity contribution >= 4 is 23.2 Å². The van der Waals surface area contributed by atoms with Crippen LogP contribution in [0.25, 0.3) is 0 Å². The molecular weight excluding hydrogens is 362 g/mol. The highest BCUT2D eigenvalue weighted by molar-refractivity contribution is 6.06. The molecule has 4 rings (SSSR count). The first kappa shape index (κ1) is 18.7. The lowest BCUT2D eigenvalue weighted by Gasteiger charge is -2.37. The summed E-state index contributed by atoms with van der Waals surface area (Å²) in [6.45, 7) is 2.73. The first-order chi connectivity index (χ1) is 14.2. The third kappa shape index (κ3) is 4.29. The number of piperazine rings is 1. The van der Waals surface area contributed by atoms with Crippen molar-refractivity contribution < 1.29 is 9.59 Å². The normalized spacial score (nSPS) is 13.8. The SMILES string of the molecule is O=C(Nc1ccccc1N1CCN(C(=O)c2ccccc2)CC1)c1ccccc1. The van der Waals surface area contributed by atoms with Crippen LogP contribution in [0.3, 0.4) is 0 Å². The topological polar surface area (TPSA) is 52.7 Å². The number of benzene rings is 3. The number of rotatable bonds is 4. The molecular formula is C24H23N3O2. The van der Waals surface area contributed by atoms with Gasteiger partial charge in [-0.1, -0.05) is 48.5 Å².